The van der Waals surface area contributed by atoms with Crippen molar-refractivity contribution >= 4 is 29.3 Å². The Hall–Kier alpha value is -2.35. The van der Waals surface area contributed by atoms with Gasteiger partial charge in [-0.3, -0.25) is 9.59 Å². The molecule has 7 nitrogen and oxygen atoms in total. The fraction of sp³-hybridized carbons (Fsp3) is 0.167. The van der Waals surface area contributed by atoms with E-state index < -0.39 is 5.97 Å². The van der Waals surface area contributed by atoms with Crippen LogP contribution in [0, 0.1) is 0 Å². The van der Waals surface area contributed by atoms with E-state index in [1.165, 1.54) is 0 Å². The van der Waals surface area contributed by atoms with Gasteiger partial charge in [-0.25, -0.2) is 4.68 Å². The van der Waals surface area contributed by atoms with Crippen LogP contribution in [0.4, 0.5) is 5.69 Å². The molecule has 2 N–H and O–H groups in total. The van der Waals surface area contributed by atoms with Gasteiger partial charge < -0.3 is 10.4 Å². The van der Waals surface area contributed by atoms with Crippen LogP contribution in [0.15, 0.2) is 36.7 Å². The van der Waals surface area contributed by atoms with E-state index in [1.807, 2.05) is 6.07 Å². The highest BCUT2D eigenvalue weighted by molar-refractivity contribution is 8.00. The van der Waals surface area contributed by atoms with E-state index in [-0.39, 0.29) is 17.4 Å². The second-order valence-corrected chi connectivity index (χ2v) is 4.79. The van der Waals surface area contributed by atoms with Crippen LogP contribution in [0.1, 0.15) is 0 Å². The van der Waals surface area contributed by atoms with Crippen LogP contribution >= 0.6 is 11.8 Å². The zero-order valence-electron chi connectivity index (χ0n) is 10.4. The van der Waals surface area contributed by atoms with E-state index in [1.54, 1.807) is 35.3 Å². The highest BCUT2D eigenvalue weighted by Crippen LogP contribution is 2.18. The van der Waals surface area contributed by atoms with Gasteiger partial charge >= 0.3 is 5.97 Å². The fourth-order valence-corrected chi connectivity index (χ4v) is 2.07. The molecule has 0 aliphatic carbocycles. The monoisotopic (exact) mass is 292 g/mol. The predicted molar refractivity (Wildman–Crippen MR) is 74.9 cm³/mol. The Morgan fingerprint density at radius 2 is 2.10 bits per heavy atom. The molecule has 0 aliphatic rings. The van der Waals surface area contributed by atoms with Crippen LogP contribution in [0.25, 0.3) is 5.69 Å². The number of carboxylic acids is 1. The number of hydrogen-bond donors (Lipinski definition) is 2. The van der Waals surface area contributed by atoms with Gasteiger partial charge in [0.2, 0.25) is 5.91 Å². The summed E-state index contributed by atoms with van der Waals surface area (Å²) < 4.78 is 1.54. The summed E-state index contributed by atoms with van der Waals surface area (Å²) in [5.41, 5.74) is 1.29. The minimum Gasteiger partial charge on any atom is -0.481 e. The van der Waals surface area contributed by atoms with Gasteiger partial charge in [-0.1, -0.05) is 17.3 Å². The van der Waals surface area contributed by atoms with E-state index in [4.69, 9.17) is 5.11 Å². The van der Waals surface area contributed by atoms with Gasteiger partial charge in [0.25, 0.3) is 0 Å². The fourth-order valence-electron chi connectivity index (χ4n) is 1.53. The molecule has 20 heavy (non-hydrogen) atoms. The number of rotatable bonds is 6. The number of carbonyl (C=O) groups is 2. The van der Waals surface area contributed by atoms with Gasteiger partial charge in [0.1, 0.15) is 0 Å². The number of nitrogens with one attached hydrogen (secondary N) is 1. The molecule has 0 atom stereocenters. The Morgan fingerprint density at radius 3 is 2.80 bits per heavy atom. The lowest BCUT2D eigenvalue weighted by Gasteiger charge is -2.10. The molecule has 2 rings (SSSR count). The van der Waals surface area contributed by atoms with Crippen LogP contribution in [0.3, 0.4) is 0 Å². The van der Waals surface area contributed by atoms with Crippen molar-refractivity contribution in [2.75, 3.05) is 16.8 Å². The normalized spacial score (nSPS) is 10.2. The number of thioether (sulfide) groups is 1. The third-order valence-corrected chi connectivity index (χ3v) is 3.22. The number of para-hydroxylation sites is 2. The van der Waals surface area contributed by atoms with E-state index in [2.05, 4.69) is 15.6 Å². The third kappa shape index (κ3) is 3.82. The lowest BCUT2D eigenvalue weighted by molar-refractivity contribution is -0.133. The average Bonchev–Trinajstić information content (AvgIpc) is 2.92. The molecule has 0 unspecified atom stereocenters. The summed E-state index contributed by atoms with van der Waals surface area (Å²) in [6.45, 7) is 0. The SMILES string of the molecule is O=C(O)CSCC(=O)Nc1ccccc1-n1ccnn1. The van der Waals surface area contributed by atoms with Crippen LogP contribution in [0.2, 0.25) is 0 Å². The molecular weight excluding hydrogens is 280 g/mol. The molecular formula is C12H12N4O3S. The molecule has 1 heterocycles. The standard InChI is InChI=1S/C12H12N4O3S/c17-11(7-20-8-12(18)19)14-9-3-1-2-4-10(9)16-6-5-13-15-16/h1-6H,7-8H2,(H,14,17)(H,18,19). The predicted octanol–water partition coefficient (Wildman–Crippen LogP) is 1.02. The summed E-state index contributed by atoms with van der Waals surface area (Å²) in [6, 6.07) is 7.16. The van der Waals surface area contributed by atoms with E-state index in [0.717, 1.165) is 11.8 Å². The minimum atomic E-state index is -0.939. The van der Waals surface area contributed by atoms with Crippen molar-refractivity contribution in [3.63, 3.8) is 0 Å². The Kier molecular flexibility index (Phi) is 4.72. The Morgan fingerprint density at radius 1 is 1.30 bits per heavy atom. The first kappa shape index (κ1) is 14.1. The van der Waals surface area contributed by atoms with Crippen molar-refractivity contribution in [3.8, 4) is 5.69 Å². The molecule has 104 valence electrons. The first-order chi connectivity index (χ1) is 9.66. The van der Waals surface area contributed by atoms with Gasteiger partial charge in [-0.2, -0.15) is 0 Å². The Balaban J connectivity index is 2.03. The number of aliphatic carboxylic acids is 1. The smallest absolute Gasteiger partial charge is 0.313 e. The number of carbonyl (C=O) groups excluding carboxylic acids is 1. The van der Waals surface area contributed by atoms with E-state index >= 15 is 0 Å². The second kappa shape index (κ2) is 6.71. The van der Waals surface area contributed by atoms with Crippen molar-refractivity contribution in [1.29, 1.82) is 0 Å². The summed E-state index contributed by atoms with van der Waals surface area (Å²) >= 11 is 1.05. The molecule has 1 aromatic heterocycles. The van der Waals surface area contributed by atoms with Crippen molar-refractivity contribution < 1.29 is 14.7 Å². The molecule has 0 spiro atoms. The van der Waals surface area contributed by atoms with E-state index in [0.29, 0.717) is 11.4 Å². The zero-order valence-corrected chi connectivity index (χ0v) is 11.2. The maximum atomic E-state index is 11.7. The van der Waals surface area contributed by atoms with Crippen LogP contribution in [0.5, 0.6) is 0 Å². The number of aromatic nitrogens is 3. The van der Waals surface area contributed by atoms with Gasteiger partial charge in [0.05, 0.1) is 35.3 Å². The molecule has 0 fully saturated rings. The zero-order chi connectivity index (χ0) is 14.4. The molecule has 1 aromatic carbocycles. The molecule has 0 saturated heterocycles. The Labute approximate surface area is 119 Å². The van der Waals surface area contributed by atoms with Crippen molar-refractivity contribution in [2.24, 2.45) is 0 Å². The maximum Gasteiger partial charge on any atom is 0.313 e. The highest BCUT2D eigenvalue weighted by Gasteiger charge is 2.09. The van der Waals surface area contributed by atoms with Crippen molar-refractivity contribution in [3.05, 3.63) is 36.7 Å². The number of nitrogens with zero attached hydrogens (tertiary/aromatic N) is 3. The summed E-state index contributed by atoms with van der Waals surface area (Å²) in [6.07, 6.45) is 3.21. The largest absolute Gasteiger partial charge is 0.481 e. The van der Waals surface area contributed by atoms with Crippen molar-refractivity contribution in [1.82, 2.24) is 15.0 Å². The van der Waals surface area contributed by atoms with Crippen LogP contribution in [-0.2, 0) is 9.59 Å². The average molecular weight is 292 g/mol. The van der Waals surface area contributed by atoms with Crippen LogP contribution in [-0.4, -0.2) is 43.5 Å². The summed E-state index contributed by atoms with van der Waals surface area (Å²) in [4.78, 5) is 22.1. The molecule has 2 aromatic rings. The van der Waals surface area contributed by atoms with Gasteiger partial charge in [0, 0.05) is 0 Å². The van der Waals surface area contributed by atoms with Gasteiger partial charge in [-0.15, -0.1) is 16.9 Å². The Bertz CT molecular complexity index is 601. The first-order valence-corrected chi connectivity index (χ1v) is 6.87. The molecule has 1 amide bonds. The molecule has 0 bridgehead atoms. The quantitative estimate of drug-likeness (QED) is 0.825. The number of hydrogen-bond acceptors (Lipinski definition) is 5. The molecule has 0 aliphatic heterocycles. The summed E-state index contributed by atoms with van der Waals surface area (Å²) in [5.74, 6) is -1.22. The first-order valence-electron chi connectivity index (χ1n) is 5.72. The van der Waals surface area contributed by atoms with Crippen molar-refractivity contribution in [2.45, 2.75) is 0 Å². The highest BCUT2D eigenvalue weighted by atomic mass is 32.2. The molecule has 0 saturated carbocycles. The number of anilines is 1. The summed E-state index contributed by atoms with van der Waals surface area (Å²) in [5, 5.41) is 18.8. The second-order valence-electron chi connectivity index (χ2n) is 3.80. The lowest BCUT2D eigenvalue weighted by Crippen LogP contribution is -2.17. The van der Waals surface area contributed by atoms with Gasteiger partial charge in [0.15, 0.2) is 0 Å². The van der Waals surface area contributed by atoms with E-state index in [9.17, 15) is 9.59 Å². The van der Waals surface area contributed by atoms with Gasteiger partial charge in [-0.05, 0) is 12.1 Å². The number of amides is 1. The molecule has 0 radical (unpaired) electrons. The van der Waals surface area contributed by atoms with Crippen LogP contribution < -0.4 is 5.32 Å². The number of carboxylic acid groups (broad SMARTS) is 1. The minimum absolute atomic E-state index is 0.0813. The summed E-state index contributed by atoms with van der Waals surface area (Å²) in [7, 11) is 0. The molecule has 8 heteroatoms. The topological polar surface area (TPSA) is 97.1 Å². The third-order valence-electron chi connectivity index (χ3n) is 2.31. The lowest BCUT2D eigenvalue weighted by atomic mass is 10.2. The number of benzene rings is 1. The maximum absolute atomic E-state index is 11.7.